The number of carboxylic acids is 3. The number of aliphatic hydroxyl groups excluding tert-OH is 6. The normalized spacial score (nSPS) is 49.9. The summed E-state index contributed by atoms with van der Waals surface area (Å²) in [7, 11) is 0. The van der Waals surface area contributed by atoms with E-state index in [2.05, 4.69) is 39.9 Å². The molecule has 0 aromatic heterocycles. The Kier molecular flexibility index (Phi) is 12.7. The zero-order valence-corrected chi connectivity index (χ0v) is 37.3. The van der Waals surface area contributed by atoms with Gasteiger partial charge in [0.15, 0.2) is 30.6 Å². The number of hydrogen-bond donors (Lipinski definition) is 10. The van der Waals surface area contributed by atoms with E-state index in [-0.39, 0.29) is 39.8 Å². The van der Waals surface area contributed by atoms with Gasteiger partial charge in [-0.3, -0.25) is 9.59 Å². The molecule has 18 heteroatoms. The van der Waals surface area contributed by atoms with Gasteiger partial charge in [0.25, 0.3) is 0 Å². The first-order valence-corrected chi connectivity index (χ1v) is 22.5. The van der Waals surface area contributed by atoms with Crippen LogP contribution in [0.15, 0.2) is 11.6 Å². The van der Waals surface area contributed by atoms with Crippen molar-refractivity contribution in [1.29, 1.82) is 0 Å². The number of nitrogens with one attached hydrogen (secondary N) is 1. The summed E-state index contributed by atoms with van der Waals surface area (Å²) in [5, 5.41) is 95.4. The second-order valence-corrected chi connectivity index (χ2v) is 22.0. The smallest absolute Gasteiger partial charge is 0.335 e. The van der Waals surface area contributed by atoms with Crippen LogP contribution in [-0.2, 0) is 38.1 Å². The van der Waals surface area contributed by atoms with E-state index >= 15 is 4.79 Å². The van der Waals surface area contributed by atoms with E-state index in [1.165, 1.54) is 5.57 Å². The molecule has 0 radical (unpaired) electrons. The second-order valence-electron chi connectivity index (χ2n) is 22.0. The third kappa shape index (κ3) is 7.70. The minimum atomic E-state index is -2.05. The van der Waals surface area contributed by atoms with Gasteiger partial charge in [0.1, 0.15) is 42.7 Å². The molecule has 2 unspecified atom stereocenters. The number of carbonyl (C=O) groups is 4. The molecule has 7 aliphatic rings. The summed E-state index contributed by atoms with van der Waals surface area (Å²) in [4.78, 5) is 50.8. The van der Waals surface area contributed by atoms with Crippen molar-refractivity contribution >= 4 is 23.7 Å². The van der Waals surface area contributed by atoms with Crippen molar-refractivity contribution in [1.82, 2.24) is 5.32 Å². The van der Waals surface area contributed by atoms with Gasteiger partial charge in [0.2, 0.25) is 0 Å². The number of rotatable bonds is 11. The van der Waals surface area contributed by atoms with Crippen LogP contribution in [0, 0.1) is 50.2 Å². The van der Waals surface area contributed by atoms with E-state index in [0.717, 1.165) is 44.9 Å². The Labute approximate surface area is 367 Å². The third-order valence-electron chi connectivity index (χ3n) is 18.1. The van der Waals surface area contributed by atoms with Crippen molar-refractivity contribution in [3.63, 3.8) is 0 Å². The minimum Gasteiger partial charge on any atom is -0.480 e. The zero-order valence-electron chi connectivity index (χ0n) is 37.3. The first-order chi connectivity index (χ1) is 29.2. The van der Waals surface area contributed by atoms with Gasteiger partial charge in [-0.15, -0.1) is 0 Å². The summed E-state index contributed by atoms with van der Waals surface area (Å²) >= 11 is 0. The predicted octanol–water partition coefficient (Wildman–Crippen LogP) is 1.20. The molecule has 356 valence electrons. The highest BCUT2D eigenvalue weighted by Crippen LogP contribution is 2.75. The molecule has 10 N–H and O–H groups in total. The molecule has 4 saturated carbocycles. The number of aliphatic carboxylic acids is 3. The van der Waals surface area contributed by atoms with Crippen molar-refractivity contribution in [2.45, 2.75) is 180 Å². The molecular formula is C45H69NO17. The summed E-state index contributed by atoms with van der Waals surface area (Å²) in [6, 6.07) is -1.06. The molecule has 2 saturated heterocycles. The van der Waals surface area contributed by atoms with Crippen molar-refractivity contribution in [3.8, 4) is 0 Å². The van der Waals surface area contributed by atoms with Crippen LogP contribution in [-0.4, -0.2) is 156 Å². The quantitative estimate of drug-likeness (QED) is 0.130. The first kappa shape index (κ1) is 48.3. The topological polar surface area (TPSA) is 299 Å². The average molecular weight is 896 g/mol. The lowest BCUT2D eigenvalue weighted by molar-refractivity contribution is -0.371. The number of carboxylic acid groups (broad SMARTS) is 3. The summed E-state index contributed by atoms with van der Waals surface area (Å²) in [6.07, 6.45) is -11.4. The third-order valence-corrected chi connectivity index (χ3v) is 18.1. The van der Waals surface area contributed by atoms with Crippen LogP contribution in [0.4, 0.5) is 0 Å². The van der Waals surface area contributed by atoms with Crippen LogP contribution in [0.1, 0.15) is 106 Å². The van der Waals surface area contributed by atoms with E-state index < -0.39 is 114 Å². The van der Waals surface area contributed by atoms with Crippen LogP contribution in [0.25, 0.3) is 0 Å². The summed E-state index contributed by atoms with van der Waals surface area (Å²) in [6.45, 7) is 15.3. The Morgan fingerprint density at radius 1 is 0.762 bits per heavy atom. The lowest BCUT2D eigenvalue weighted by Gasteiger charge is -2.70. The Morgan fingerprint density at radius 3 is 1.97 bits per heavy atom. The van der Waals surface area contributed by atoms with Crippen LogP contribution in [0.3, 0.4) is 0 Å². The molecule has 0 bridgehead atoms. The molecule has 63 heavy (non-hydrogen) atoms. The maximum atomic E-state index is 15.0. The highest BCUT2D eigenvalue weighted by molar-refractivity contribution is 5.95. The van der Waals surface area contributed by atoms with Gasteiger partial charge in [0.05, 0.1) is 12.7 Å². The monoisotopic (exact) mass is 895 g/mol. The van der Waals surface area contributed by atoms with Gasteiger partial charge in [-0.05, 0) is 108 Å². The maximum Gasteiger partial charge on any atom is 0.335 e. The van der Waals surface area contributed by atoms with Crippen molar-refractivity contribution in [2.24, 2.45) is 50.2 Å². The van der Waals surface area contributed by atoms with Gasteiger partial charge >= 0.3 is 17.9 Å². The Morgan fingerprint density at radius 2 is 1.37 bits per heavy atom. The maximum absolute atomic E-state index is 15.0. The van der Waals surface area contributed by atoms with Gasteiger partial charge in [-0.25, -0.2) is 9.59 Å². The van der Waals surface area contributed by atoms with E-state index in [0.29, 0.717) is 19.4 Å². The van der Waals surface area contributed by atoms with Crippen molar-refractivity contribution in [3.05, 3.63) is 11.6 Å². The number of ether oxygens (including phenoxy) is 4. The van der Waals surface area contributed by atoms with Crippen LogP contribution in [0.5, 0.6) is 0 Å². The molecule has 2 aliphatic heterocycles. The van der Waals surface area contributed by atoms with Gasteiger partial charge in [0, 0.05) is 12.5 Å². The molecule has 6 fully saturated rings. The number of ketones is 1. The summed E-state index contributed by atoms with van der Waals surface area (Å²) in [5.41, 5.74) is -1.01. The Hall–Kier alpha value is -2.62. The van der Waals surface area contributed by atoms with E-state index in [9.17, 15) is 60.3 Å². The number of hydrogen-bond acceptors (Lipinski definition) is 15. The summed E-state index contributed by atoms with van der Waals surface area (Å²) < 4.78 is 23.5. The Bertz CT molecular complexity index is 1840. The van der Waals surface area contributed by atoms with Gasteiger partial charge in [-0.2, -0.15) is 0 Å². The molecule has 0 amide bonds. The fraction of sp³-hybridized carbons (Fsp3) is 0.867. The fourth-order valence-electron chi connectivity index (χ4n) is 14.0. The number of allylic oxidation sites excluding steroid dienone is 2. The fourth-order valence-corrected chi connectivity index (χ4v) is 14.0. The molecule has 20 atom stereocenters. The molecule has 2 heterocycles. The van der Waals surface area contributed by atoms with E-state index in [1.807, 2.05) is 19.9 Å². The number of carbonyl (C=O) groups excluding carboxylic acids is 1. The molecule has 7 rings (SSSR count). The SMILES string of the molecule is CC1(C)C2CC[C@]3(C)C(C(=O)C=C4[C@@H]5C[C@@](C)(CN[C@@H](CO)C(=O)O)CC[C@]5(C)CC[C@]43C)[C@@]2(C)CC[C@@H]1O[C@@H]1O[C@H](C(=O)O)[C@@H](O)[C@H](O)[C@H]1O[C@@H]1O[C@H](C(=O)O)[C@@H](O)[C@H](O)[C@H]1O. The lowest BCUT2D eigenvalue weighted by atomic mass is 9.33. The molecule has 5 aliphatic carbocycles. The van der Waals surface area contributed by atoms with Gasteiger partial charge in [-0.1, -0.05) is 54.0 Å². The second kappa shape index (κ2) is 16.6. The molecule has 0 aromatic carbocycles. The number of fused-ring (bicyclic) bond motifs is 7. The average Bonchev–Trinajstić information content (AvgIpc) is 3.19. The Balaban J connectivity index is 1.15. The molecule has 0 aromatic rings. The molecule has 18 nitrogen and oxygen atoms in total. The standard InChI is InChI=1S/C45H69NO17/c1-40(2)24-8-11-45(7)34(23(48)16-20-21-17-41(3,19-46-22(18-47)35(54)55)12-13-42(21,4)14-15-44(20,45)6)43(24,5)10-9-25(40)60-39-33(29(52)28(51)32(62-39)37(58)59)63-38-30(53)26(49)27(50)31(61-38)36(56)57/h16,21-22,24-34,38-39,46-47,49-53H,8-15,17-19H2,1-7H3,(H,54,55)(H,56,57)(H,58,59)/t21-,22-,24?,25-,26-,27-,28-,29-,30+,31-,32-,33+,34?,38-,39+,41-,42+,43-,44+,45+/m0/s1. The minimum absolute atomic E-state index is 0.0255. The highest BCUT2D eigenvalue weighted by Gasteiger charge is 2.70. The largest absolute Gasteiger partial charge is 0.480 e. The van der Waals surface area contributed by atoms with Crippen molar-refractivity contribution < 1.29 is 84.1 Å². The lowest BCUT2D eigenvalue weighted by Crippen LogP contribution is -2.68. The van der Waals surface area contributed by atoms with Crippen LogP contribution in [0.2, 0.25) is 0 Å². The van der Waals surface area contributed by atoms with Gasteiger partial charge < -0.3 is 70.2 Å². The van der Waals surface area contributed by atoms with Crippen molar-refractivity contribution in [2.75, 3.05) is 13.2 Å². The molecular weight excluding hydrogens is 826 g/mol. The van der Waals surface area contributed by atoms with Crippen LogP contribution >= 0.6 is 0 Å². The summed E-state index contributed by atoms with van der Waals surface area (Å²) in [5.74, 6) is -4.61. The van der Waals surface area contributed by atoms with Crippen LogP contribution < -0.4 is 5.32 Å². The van der Waals surface area contributed by atoms with E-state index in [4.69, 9.17) is 18.9 Å². The first-order valence-electron chi connectivity index (χ1n) is 22.5. The predicted molar refractivity (Wildman–Crippen MR) is 218 cm³/mol. The van der Waals surface area contributed by atoms with E-state index in [1.54, 1.807) is 0 Å². The highest BCUT2D eigenvalue weighted by atomic mass is 16.8. The zero-order chi connectivity index (χ0) is 46.6. The molecule has 0 spiro atoms. The number of aliphatic hydroxyl groups is 6.